The van der Waals surface area contributed by atoms with Crippen LogP contribution >= 0.6 is 0 Å². The zero-order valence-corrected chi connectivity index (χ0v) is 12.9. The van der Waals surface area contributed by atoms with Crippen molar-refractivity contribution in [1.82, 2.24) is 5.32 Å². The maximum Gasteiger partial charge on any atom is 0.137 e. The van der Waals surface area contributed by atoms with Gasteiger partial charge in [-0.05, 0) is 38.9 Å². The van der Waals surface area contributed by atoms with Gasteiger partial charge in [0, 0.05) is 12.0 Å². The van der Waals surface area contributed by atoms with Crippen LogP contribution in [0.25, 0.3) is 11.0 Å². The van der Waals surface area contributed by atoms with Gasteiger partial charge in [0.2, 0.25) is 0 Å². The average molecular weight is 275 g/mol. The van der Waals surface area contributed by atoms with Crippen LogP contribution in [0.2, 0.25) is 0 Å². The largest absolute Gasteiger partial charge is 0.459 e. The number of fused-ring (bicyclic) bond motifs is 1. The summed E-state index contributed by atoms with van der Waals surface area (Å²) < 4.78 is 12.0. The molecule has 0 aliphatic rings. The molecule has 0 saturated carbocycles. The number of aryl methyl sites for hydroxylation is 1. The van der Waals surface area contributed by atoms with Crippen LogP contribution < -0.4 is 5.32 Å². The number of benzene rings is 1. The van der Waals surface area contributed by atoms with E-state index in [1.165, 1.54) is 5.56 Å². The number of hydrogen-bond acceptors (Lipinski definition) is 3. The molecular weight excluding hydrogens is 250 g/mol. The van der Waals surface area contributed by atoms with E-state index < -0.39 is 0 Å². The maximum absolute atomic E-state index is 6.08. The van der Waals surface area contributed by atoms with Gasteiger partial charge < -0.3 is 14.5 Å². The molecule has 0 fully saturated rings. The fraction of sp³-hybridized carbons (Fsp3) is 0.529. The lowest BCUT2D eigenvalue weighted by molar-refractivity contribution is 0.0245. The van der Waals surface area contributed by atoms with Gasteiger partial charge in [0.05, 0.1) is 12.1 Å². The van der Waals surface area contributed by atoms with Crippen LogP contribution in [0.4, 0.5) is 0 Å². The third kappa shape index (κ3) is 3.05. The van der Waals surface area contributed by atoms with E-state index in [0.717, 1.165) is 36.2 Å². The standard InChI is InChI=1S/C17H25NO2/c1-5-8-14(19-6-2)16(18-4)15-11-13-10-7-9-12(3)17(13)20-15/h7,9-11,14,16,18H,5-6,8H2,1-4H3. The Kier molecular flexibility index (Phi) is 5.21. The minimum Gasteiger partial charge on any atom is -0.459 e. The molecule has 1 heterocycles. The van der Waals surface area contributed by atoms with Crippen LogP contribution in [0.3, 0.4) is 0 Å². The zero-order valence-electron chi connectivity index (χ0n) is 12.9. The molecule has 2 rings (SSSR count). The SMILES string of the molecule is CCCC(OCC)C(NC)c1cc2cccc(C)c2o1. The van der Waals surface area contributed by atoms with E-state index in [-0.39, 0.29) is 12.1 Å². The fourth-order valence-corrected chi connectivity index (χ4v) is 2.74. The van der Waals surface area contributed by atoms with Gasteiger partial charge in [0.25, 0.3) is 0 Å². The van der Waals surface area contributed by atoms with E-state index in [9.17, 15) is 0 Å². The molecule has 0 amide bonds. The monoisotopic (exact) mass is 275 g/mol. The molecule has 2 unspecified atom stereocenters. The number of rotatable bonds is 7. The summed E-state index contributed by atoms with van der Waals surface area (Å²) >= 11 is 0. The highest BCUT2D eigenvalue weighted by atomic mass is 16.5. The highest BCUT2D eigenvalue weighted by Crippen LogP contribution is 2.30. The molecule has 1 N–H and O–H groups in total. The average Bonchev–Trinajstić information content (AvgIpc) is 2.85. The summed E-state index contributed by atoms with van der Waals surface area (Å²) in [7, 11) is 1.96. The van der Waals surface area contributed by atoms with Crippen LogP contribution in [0, 0.1) is 6.92 Å². The van der Waals surface area contributed by atoms with E-state index in [1.807, 2.05) is 14.0 Å². The molecule has 1 aromatic heterocycles. The molecule has 0 spiro atoms. The Hall–Kier alpha value is -1.32. The summed E-state index contributed by atoms with van der Waals surface area (Å²) in [6, 6.07) is 8.47. The molecule has 1 aromatic carbocycles. The van der Waals surface area contributed by atoms with Crippen molar-refractivity contribution >= 4 is 11.0 Å². The Bertz CT molecular complexity index is 541. The molecule has 20 heavy (non-hydrogen) atoms. The summed E-state index contributed by atoms with van der Waals surface area (Å²) in [4.78, 5) is 0. The predicted octanol–water partition coefficient (Wildman–Crippen LogP) is 4.21. The van der Waals surface area contributed by atoms with Crippen LogP contribution in [0.1, 0.15) is 44.1 Å². The molecule has 2 aromatic rings. The van der Waals surface area contributed by atoms with E-state index in [2.05, 4.69) is 43.4 Å². The molecule has 2 atom stereocenters. The Morgan fingerprint density at radius 1 is 1.30 bits per heavy atom. The van der Waals surface area contributed by atoms with E-state index in [1.54, 1.807) is 0 Å². The Balaban J connectivity index is 2.34. The molecular formula is C17H25NO2. The van der Waals surface area contributed by atoms with Gasteiger partial charge in [-0.2, -0.15) is 0 Å². The van der Waals surface area contributed by atoms with Crippen molar-refractivity contribution in [3.8, 4) is 0 Å². The molecule has 110 valence electrons. The number of nitrogens with one attached hydrogen (secondary N) is 1. The first-order valence-corrected chi connectivity index (χ1v) is 7.49. The highest BCUT2D eigenvalue weighted by Gasteiger charge is 2.25. The molecule has 0 aliphatic carbocycles. The van der Waals surface area contributed by atoms with Crippen molar-refractivity contribution in [1.29, 1.82) is 0 Å². The number of hydrogen-bond donors (Lipinski definition) is 1. The summed E-state index contributed by atoms with van der Waals surface area (Å²) in [5.74, 6) is 0.962. The van der Waals surface area contributed by atoms with E-state index in [4.69, 9.17) is 9.15 Å². The quantitative estimate of drug-likeness (QED) is 0.822. The van der Waals surface area contributed by atoms with Crippen LogP contribution in [0.5, 0.6) is 0 Å². The van der Waals surface area contributed by atoms with Gasteiger partial charge in [-0.3, -0.25) is 0 Å². The van der Waals surface area contributed by atoms with Crippen LogP contribution in [0.15, 0.2) is 28.7 Å². The van der Waals surface area contributed by atoms with Crippen molar-refractivity contribution in [3.05, 3.63) is 35.6 Å². The summed E-state index contributed by atoms with van der Waals surface area (Å²) in [5, 5.41) is 4.51. The van der Waals surface area contributed by atoms with Gasteiger partial charge in [-0.1, -0.05) is 31.5 Å². The van der Waals surface area contributed by atoms with Crippen molar-refractivity contribution in [2.45, 2.75) is 45.8 Å². The van der Waals surface area contributed by atoms with Crippen LogP contribution in [-0.2, 0) is 4.74 Å². The predicted molar refractivity (Wildman–Crippen MR) is 83.1 cm³/mol. The summed E-state index contributed by atoms with van der Waals surface area (Å²) in [6.45, 7) is 7.03. The highest BCUT2D eigenvalue weighted by molar-refractivity contribution is 5.81. The third-order valence-corrected chi connectivity index (χ3v) is 3.70. The first-order valence-electron chi connectivity index (χ1n) is 7.49. The number of likely N-dealkylation sites (N-methyl/N-ethyl adjacent to an activating group) is 1. The van der Waals surface area contributed by atoms with Crippen LogP contribution in [-0.4, -0.2) is 19.8 Å². The number of furan rings is 1. The maximum atomic E-state index is 6.08. The second-order valence-corrected chi connectivity index (χ2v) is 5.19. The smallest absolute Gasteiger partial charge is 0.137 e. The van der Waals surface area contributed by atoms with Crippen molar-refractivity contribution in [3.63, 3.8) is 0 Å². The lowest BCUT2D eigenvalue weighted by Crippen LogP contribution is -2.31. The zero-order chi connectivity index (χ0) is 14.5. The lowest BCUT2D eigenvalue weighted by Gasteiger charge is -2.24. The molecule has 3 nitrogen and oxygen atoms in total. The van der Waals surface area contributed by atoms with Gasteiger partial charge in [0.15, 0.2) is 0 Å². The van der Waals surface area contributed by atoms with Crippen molar-refractivity contribution < 1.29 is 9.15 Å². The van der Waals surface area contributed by atoms with E-state index in [0.29, 0.717) is 0 Å². The molecule has 0 bridgehead atoms. The van der Waals surface area contributed by atoms with Gasteiger partial charge in [-0.15, -0.1) is 0 Å². The first kappa shape index (κ1) is 15.1. The van der Waals surface area contributed by atoms with Crippen molar-refractivity contribution in [2.75, 3.05) is 13.7 Å². The summed E-state index contributed by atoms with van der Waals surface area (Å²) in [6.07, 6.45) is 2.27. The lowest BCUT2D eigenvalue weighted by atomic mass is 10.0. The summed E-state index contributed by atoms with van der Waals surface area (Å²) in [5.41, 5.74) is 2.15. The normalized spacial score (nSPS) is 14.6. The first-order chi connectivity index (χ1) is 9.71. The second kappa shape index (κ2) is 6.91. The number of para-hydroxylation sites is 1. The molecule has 0 radical (unpaired) electrons. The Morgan fingerprint density at radius 2 is 2.10 bits per heavy atom. The Morgan fingerprint density at radius 3 is 2.70 bits per heavy atom. The third-order valence-electron chi connectivity index (χ3n) is 3.70. The molecule has 0 aliphatic heterocycles. The van der Waals surface area contributed by atoms with Crippen molar-refractivity contribution in [2.24, 2.45) is 0 Å². The second-order valence-electron chi connectivity index (χ2n) is 5.19. The molecule has 0 saturated heterocycles. The Labute approximate surface area is 121 Å². The van der Waals surface area contributed by atoms with Gasteiger partial charge in [0.1, 0.15) is 11.3 Å². The minimum atomic E-state index is 0.0988. The van der Waals surface area contributed by atoms with E-state index >= 15 is 0 Å². The number of ether oxygens (including phenoxy) is 1. The minimum absolute atomic E-state index is 0.0988. The topological polar surface area (TPSA) is 34.4 Å². The van der Waals surface area contributed by atoms with Gasteiger partial charge >= 0.3 is 0 Å². The fourth-order valence-electron chi connectivity index (χ4n) is 2.74. The van der Waals surface area contributed by atoms with Gasteiger partial charge in [-0.25, -0.2) is 0 Å². The molecule has 3 heteroatoms.